The Morgan fingerprint density at radius 3 is 2.86 bits per heavy atom. The van der Waals surface area contributed by atoms with Gasteiger partial charge in [0.2, 0.25) is 0 Å². The topological polar surface area (TPSA) is 15.3 Å². The minimum atomic E-state index is 0.718. The first-order valence-corrected chi connectivity index (χ1v) is 6.98. The van der Waals surface area contributed by atoms with Gasteiger partial charge in [0, 0.05) is 37.5 Å². The molecule has 1 fully saturated rings. The Bertz CT molecular complexity index is 152. The summed E-state index contributed by atoms with van der Waals surface area (Å²) in [7, 11) is 0. The Morgan fingerprint density at radius 2 is 2.21 bits per heavy atom. The van der Waals surface area contributed by atoms with Gasteiger partial charge in [-0.2, -0.15) is 11.8 Å². The number of rotatable bonds is 5. The predicted octanol–water partition coefficient (Wildman–Crippen LogP) is 1.81. The Kier molecular flexibility index (Phi) is 5.90. The first-order valence-electron chi connectivity index (χ1n) is 5.83. The van der Waals surface area contributed by atoms with E-state index in [-0.39, 0.29) is 0 Å². The number of piperazine rings is 1. The molecule has 0 aliphatic carbocycles. The molecule has 0 aromatic carbocycles. The molecule has 14 heavy (non-hydrogen) atoms. The highest BCUT2D eigenvalue weighted by Crippen LogP contribution is 2.10. The zero-order valence-corrected chi connectivity index (χ0v) is 10.6. The van der Waals surface area contributed by atoms with Crippen LogP contribution in [0, 0.1) is 0 Å². The van der Waals surface area contributed by atoms with E-state index in [0.717, 1.165) is 18.6 Å². The highest BCUT2D eigenvalue weighted by Gasteiger charge is 2.22. The van der Waals surface area contributed by atoms with E-state index < -0.39 is 0 Å². The molecule has 0 amide bonds. The fourth-order valence-electron chi connectivity index (χ4n) is 1.91. The molecule has 1 rings (SSSR count). The molecule has 0 spiro atoms. The molecule has 2 unspecified atom stereocenters. The van der Waals surface area contributed by atoms with Crippen molar-refractivity contribution in [1.82, 2.24) is 10.2 Å². The molecular formula is C11H24N2S. The molecule has 0 aromatic rings. The van der Waals surface area contributed by atoms with E-state index in [1.54, 1.807) is 0 Å². The first-order chi connectivity index (χ1) is 6.77. The molecule has 2 atom stereocenters. The van der Waals surface area contributed by atoms with Crippen LogP contribution < -0.4 is 5.32 Å². The van der Waals surface area contributed by atoms with E-state index in [0.29, 0.717) is 0 Å². The van der Waals surface area contributed by atoms with E-state index >= 15 is 0 Å². The average Bonchev–Trinajstić information content (AvgIpc) is 2.21. The fraction of sp³-hybridized carbons (Fsp3) is 1.00. The number of hydrogen-bond donors (Lipinski definition) is 1. The van der Waals surface area contributed by atoms with Crippen LogP contribution in [0.15, 0.2) is 0 Å². The molecule has 0 radical (unpaired) electrons. The van der Waals surface area contributed by atoms with Crippen molar-refractivity contribution in [1.29, 1.82) is 0 Å². The maximum Gasteiger partial charge on any atom is 0.0193 e. The Labute approximate surface area is 92.8 Å². The van der Waals surface area contributed by atoms with Crippen LogP contribution in [0.1, 0.15) is 27.2 Å². The molecule has 2 nitrogen and oxygen atoms in total. The molecule has 1 N–H and O–H groups in total. The summed E-state index contributed by atoms with van der Waals surface area (Å²) >= 11 is 2.05. The average molecular weight is 216 g/mol. The summed E-state index contributed by atoms with van der Waals surface area (Å²) in [5.74, 6) is 2.54. The van der Waals surface area contributed by atoms with Crippen molar-refractivity contribution in [2.45, 2.75) is 39.3 Å². The van der Waals surface area contributed by atoms with E-state index in [1.807, 2.05) is 0 Å². The second-order valence-electron chi connectivity index (χ2n) is 4.05. The highest BCUT2D eigenvalue weighted by molar-refractivity contribution is 7.99. The van der Waals surface area contributed by atoms with Crippen molar-refractivity contribution < 1.29 is 0 Å². The normalized spacial score (nSPS) is 29.4. The van der Waals surface area contributed by atoms with Crippen LogP contribution in [-0.4, -0.2) is 48.1 Å². The van der Waals surface area contributed by atoms with Gasteiger partial charge in [0.1, 0.15) is 0 Å². The van der Waals surface area contributed by atoms with E-state index in [2.05, 4.69) is 42.7 Å². The van der Waals surface area contributed by atoms with E-state index in [4.69, 9.17) is 0 Å². The summed E-state index contributed by atoms with van der Waals surface area (Å²) < 4.78 is 0. The monoisotopic (exact) mass is 216 g/mol. The molecule has 1 aliphatic heterocycles. The van der Waals surface area contributed by atoms with Gasteiger partial charge in [-0.1, -0.05) is 13.8 Å². The zero-order valence-electron chi connectivity index (χ0n) is 9.75. The largest absolute Gasteiger partial charge is 0.311 e. The third-order valence-corrected chi connectivity index (χ3v) is 3.88. The molecule has 1 heterocycles. The minimum absolute atomic E-state index is 0.718. The van der Waals surface area contributed by atoms with Gasteiger partial charge >= 0.3 is 0 Å². The van der Waals surface area contributed by atoms with Crippen LogP contribution >= 0.6 is 11.8 Å². The Morgan fingerprint density at radius 1 is 1.43 bits per heavy atom. The van der Waals surface area contributed by atoms with Gasteiger partial charge in [0.25, 0.3) is 0 Å². The lowest BCUT2D eigenvalue weighted by Crippen LogP contribution is -2.55. The maximum absolute atomic E-state index is 3.59. The SMILES string of the molecule is CCSCCN1CC(CC)NCC1C. The Balaban J connectivity index is 2.25. The molecule has 1 saturated heterocycles. The van der Waals surface area contributed by atoms with Crippen LogP contribution in [0.4, 0.5) is 0 Å². The lowest BCUT2D eigenvalue weighted by atomic mass is 10.1. The molecule has 0 bridgehead atoms. The van der Waals surface area contributed by atoms with E-state index in [1.165, 1.54) is 31.0 Å². The lowest BCUT2D eigenvalue weighted by molar-refractivity contribution is 0.148. The van der Waals surface area contributed by atoms with Crippen molar-refractivity contribution in [3.63, 3.8) is 0 Å². The summed E-state index contributed by atoms with van der Waals surface area (Å²) in [6, 6.07) is 1.44. The fourth-order valence-corrected chi connectivity index (χ4v) is 2.56. The van der Waals surface area contributed by atoms with Gasteiger partial charge in [-0.3, -0.25) is 4.90 Å². The van der Waals surface area contributed by atoms with Gasteiger partial charge in [-0.05, 0) is 19.1 Å². The minimum Gasteiger partial charge on any atom is -0.311 e. The number of nitrogens with one attached hydrogen (secondary N) is 1. The van der Waals surface area contributed by atoms with Crippen molar-refractivity contribution in [2.75, 3.05) is 31.1 Å². The summed E-state index contributed by atoms with van der Waals surface area (Å²) in [5, 5.41) is 3.59. The van der Waals surface area contributed by atoms with Gasteiger partial charge < -0.3 is 5.32 Å². The second kappa shape index (κ2) is 6.70. The first kappa shape index (κ1) is 12.3. The summed E-state index contributed by atoms with van der Waals surface area (Å²) in [5.41, 5.74) is 0. The Hall–Kier alpha value is 0.270. The van der Waals surface area contributed by atoms with E-state index in [9.17, 15) is 0 Å². The molecular weight excluding hydrogens is 192 g/mol. The van der Waals surface area contributed by atoms with Crippen LogP contribution in [0.5, 0.6) is 0 Å². The van der Waals surface area contributed by atoms with Gasteiger partial charge in [0.05, 0.1) is 0 Å². The van der Waals surface area contributed by atoms with Gasteiger partial charge in [-0.25, -0.2) is 0 Å². The van der Waals surface area contributed by atoms with Gasteiger partial charge in [0.15, 0.2) is 0 Å². The number of thioether (sulfide) groups is 1. The molecule has 84 valence electrons. The predicted molar refractivity (Wildman–Crippen MR) is 66.1 cm³/mol. The standard InChI is InChI=1S/C11H24N2S/c1-4-11-9-13(6-7-14-5-2)10(3)8-12-11/h10-12H,4-9H2,1-3H3. The molecule has 1 aliphatic rings. The third kappa shape index (κ3) is 3.79. The smallest absolute Gasteiger partial charge is 0.0193 e. The van der Waals surface area contributed by atoms with Gasteiger partial charge in [-0.15, -0.1) is 0 Å². The van der Waals surface area contributed by atoms with Crippen molar-refractivity contribution in [3.8, 4) is 0 Å². The van der Waals surface area contributed by atoms with Crippen molar-refractivity contribution in [2.24, 2.45) is 0 Å². The maximum atomic E-state index is 3.59. The summed E-state index contributed by atoms with van der Waals surface area (Å²) in [6.45, 7) is 10.5. The van der Waals surface area contributed by atoms with Crippen LogP contribution in [0.2, 0.25) is 0 Å². The lowest BCUT2D eigenvalue weighted by Gasteiger charge is -2.38. The zero-order chi connectivity index (χ0) is 10.4. The van der Waals surface area contributed by atoms with Crippen molar-refractivity contribution >= 4 is 11.8 Å². The van der Waals surface area contributed by atoms with Crippen molar-refractivity contribution in [3.05, 3.63) is 0 Å². The molecule has 0 saturated carbocycles. The number of hydrogen-bond acceptors (Lipinski definition) is 3. The highest BCUT2D eigenvalue weighted by atomic mass is 32.2. The quantitative estimate of drug-likeness (QED) is 0.706. The van der Waals surface area contributed by atoms with Crippen LogP contribution in [-0.2, 0) is 0 Å². The molecule has 0 aromatic heterocycles. The van der Waals surface area contributed by atoms with Crippen LogP contribution in [0.3, 0.4) is 0 Å². The second-order valence-corrected chi connectivity index (χ2v) is 5.45. The summed E-state index contributed by atoms with van der Waals surface area (Å²) in [6.07, 6.45) is 1.25. The van der Waals surface area contributed by atoms with Crippen LogP contribution in [0.25, 0.3) is 0 Å². The third-order valence-electron chi connectivity index (χ3n) is 3.00. The summed E-state index contributed by atoms with van der Waals surface area (Å²) in [4.78, 5) is 2.63. The molecule has 3 heteroatoms. The number of nitrogens with zero attached hydrogens (tertiary/aromatic N) is 1.